The van der Waals surface area contributed by atoms with Gasteiger partial charge in [-0.2, -0.15) is 4.68 Å². The van der Waals surface area contributed by atoms with E-state index < -0.39 is 5.25 Å². The Morgan fingerprint density at radius 3 is 2.28 bits per heavy atom. The van der Waals surface area contributed by atoms with Gasteiger partial charge in [-0.1, -0.05) is 30.0 Å². The Morgan fingerprint density at radius 1 is 1.09 bits per heavy atom. The van der Waals surface area contributed by atoms with Crippen LogP contribution < -0.4 is 10.6 Å². The second-order valence-corrected chi connectivity index (χ2v) is 11.3. The van der Waals surface area contributed by atoms with E-state index in [0.29, 0.717) is 5.16 Å². The summed E-state index contributed by atoms with van der Waals surface area (Å²) in [6.07, 6.45) is 7.08. The number of aryl methyl sites for hydroxylation is 2. The van der Waals surface area contributed by atoms with Crippen LogP contribution in [0.4, 0.5) is 4.79 Å². The summed E-state index contributed by atoms with van der Waals surface area (Å²) in [6.45, 7) is 5.77. The monoisotopic (exact) mass is 454 g/mol. The molecule has 2 aromatic rings. The molecule has 0 saturated heterocycles. The first kappa shape index (κ1) is 21.4. The Labute approximate surface area is 192 Å². The van der Waals surface area contributed by atoms with Gasteiger partial charge in [-0.25, -0.2) is 4.79 Å². The van der Waals surface area contributed by atoms with Crippen molar-refractivity contribution in [1.82, 2.24) is 30.8 Å². The molecular formula is C23H30N6O2S. The molecule has 32 heavy (non-hydrogen) atoms. The van der Waals surface area contributed by atoms with Gasteiger partial charge in [0.05, 0.1) is 10.9 Å². The Balaban J connectivity index is 1.22. The average molecular weight is 455 g/mol. The van der Waals surface area contributed by atoms with Crippen LogP contribution in [0.5, 0.6) is 0 Å². The molecule has 1 atom stereocenters. The summed E-state index contributed by atoms with van der Waals surface area (Å²) >= 11 is 1.24. The van der Waals surface area contributed by atoms with Gasteiger partial charge in [0, 0.05) is 5.54 Å². The molecule has 4 aliphatic rings. The smallest absolute Gasteiger partial charge is 0.321 e. The molecule has 0 radical (unpaired) electrons. The molecular weight excluding hydrogens is 424 g/mol. The lowest BCUT2D eigenvalue weighted by Gasteiger charge is -2.56. The van der Waals surface area contributed by atoms with Crippen molar-refractivity contribution in [3.63, 3.8) is 0 Å². The third-order valence-corrected chi connectivity index (χ3v) is 8.43. The van der Waals surface area contributed by atoms with E-state index in [-0.39, 0.29) is 17.5 Å². The minimum absolute atomic E-state index is 0.123. The SMILES string of the molecule is Cc1cccc(C)c1-n1nnnc1SC(C)C(=O)NC(=O)NC12CC3CC(CC(C3)C1)C2. The normalized spacial score (nSPS) is 29.0. The van der Waals surface area contributed by atoms with Crippen LogP contribution in [0.15, 0.2) is 23.4 Å². The van der Waals surface area contributed by atoms with Crippen molar-refractivity contribution in [1.29, 1.82) is 0 Å². The molecule has 4 bridgehead atoms. The lowest BCUT2D eigenvalue weighted by Crippen LogP contribution is -2.62. The number of carbonyl (C=O) groups excluding carboxylic acids is 2. The fourth-order valence-electron chi connectivity index (χ4n) is 6.49. The van der Waals surface area contributed by atoms with E-state index >= 15 is 0 Å². The molecule has 6 rings (SSSR count). The van der Waals surface area contributed by atoms with E-state index in [2.05, 4.69) is 26.2 Å². The number of rotatable bonds is 5. The fraction of sp³-hybridized carbons (Fsp3) is 0.609. The van der Waals surface area contributed by atoms with Crippen LogP contribution in [-0.4, -0.2) is 42.9 Å². The number of thioether (sulfide) groups is 1. The van der Waals surface area contributed by atoms with Gasteiger partial charge in [-0.15, -0.1) is 5.10 Å². The van der Waals surface area contributed by atoms with Crippen LogP contribution >= 0.6 is 11.8 Å². The number of benzene rings is 1. The first-order valence-electron chi connectivity index (χ1n) is 11.5. The first-order valence-corrected chi connectivity index (χ1v) is 12.3. The molecule has 170 valence electrons. The molecule has 4 saturated carbocycles. The highest BCUT2D eigenvalue weighted by atomic mass is 32.2. The molecule has 1 unspecified atom stereocenters. The lowest BCUT2D eigenvalue weighted by molar-refractivity contribution is -0.119. The van der Waals surface area contributed by atoms with Crippen molar-refractivity contribution in [2.75, 3.05) is 0 Å². The minimum atomic E-state index is -0.522. The van der Waals surface area contributed by atoms with Crippen molar-refractivity contribution < 1.29 is 9.59 Å². The van der Waals surface area contributed by atoms with Crippen molar-refractivity contribution >= 4 is 23.7 Å². The van der Waals surface area contributed by atoms with Crippen LogP contribution in [0.1, 0.15) is 56.6 Å². The van der Waals surface area contributed by atoms with Gasteiger partial charge in [0.2, 0.25) is 11.1 Å². The number of tetrazole rings is 1. The van der Waals surface area contributed by atoms with E-state index in [9.17, 15) is 9.59 Å². The second-order valence-electron chi connectivity index (χ2n) is 10.0. The zero-order chi connectivity index (χ0) is 22.5. The highest BCUT2D eigenvalue weighted by molar-refractivity contribution is 8.00. The number of nitrogens with one attached hydrogen (secondary N) is 2. The Hall–Kier alpha value is -2.42. The number of urea groups is 1. The second kappa shape index (κ2) is 8.17. The van der Waals surface area contributed by atoms with Gasteiger partial charge in [0.15, 0.2) is 0 Å². The van der Waals surface area contributed by atoms with Gasteiger partial charge < -0.3 is 5.32 Å². The van der Waals surface area contributed by atoms with E-state index in [4.69, 9.17) is 0 Å². The van der Waals surface area contributed by atoms with Gasteiger partial charge in [-0.3, -0.25) is 10.1 Å². The number of hydrogen-bond donors (Lipinski definition) is 2. The average Bonchev–Trinajstić information content (AvgIpc) is 3.13. The van der Waals surface area contributed by atoms with E-state index in [1.165, 1.54) is 31.0 Å². The minimum Gasteiger partial charge on any atom is -0.332 e. The molecule has 1 aromatic heterocycles. The predicted molar refractivity (Wildman–Crippen MR) is 122 cm³/mol. The van der Waals surface area contributed by atoms with E-state index in [0.717, 1.165) is 53.8 Å². The number of nitrogens with zero attached hydrogens (tertiary/aromatic N) is 4. The fourth-order valence-corrected chi connectivity index (χ4v) is 7.29. The molecule has 4 aliphatic carbocycles. The predicted octanol–water partition coefficient (Wildman–Crippen LogP) is 3.55. The number of hydrogen-bond acceptors (Lipinski definition) is 6. The van der Waals surface area contributed by atoms with Gasteiger partial charge in [0.1, 0.15) is 0 Å². The summed E-state index contributed by atoms with van der Waals surface area (Å²) in [5, 5.41) is 17.8. The summed E-state index contributed by atoms with van der Waals surface area (Å²) in [4.78, 5) is 25.5. The summed E-state index contributed by atoms with van der Waals surface area (Å²) in [7, 11) is 0. The highest BCUT2D eigenvalue weighted by Crippen LogP contribution is 2.55. The topological polar surface area (TPSA) is 102 Å². The van der Waals surface area contributed by atoms with Crippen molar-refractivity contribution in [2.45, 2.75) is 75.2 Å². The van der Waals surface area contributed by atoms with E-state index in [1.54, 1.807) is 11.6 Å². The van der Waals surface area contributed by atoms with Crippen LogP contribution in [-0.2, 0) is 4.79 Å². The number of imide groups is 1. The van der Waals surface area contributed by atoms with Crippen molar-refractivity contribution in [3.05, 3.63) is 29.3 Å². The third-order valence-electron chi connectivity index (χ3n) is 7.40. The highest BCUT2D eigenvalue weighted by Gasteiger charge is 2.51. The number of aromatic nitrogens is 4. The summed E-state index contributed by atoms with van der Waals surface area (Å²) in [5.41, 5.74) is 2.88. The Bertz CT molecular complexity index is 995. The molecule has 0 aliphatic heterocycles. The van der Waals surface area contributed by atoms with Gasteiger partial charge >= 0.3 is 6.03 Å². The number of para-hydroxylation sites is 1. The maximum absolute atomic E-state index is 12.8. The summed E-state index contributed by atoms with van der Waals surface area (Å²) < 4.78 is 1.66. The third kappa shape index (κ3) is 4.02. The first-order chi connectivity index (χ1) is 15.3. The lowest BCUT2D eigenvalue weighted by atomic mass is 9.53. The van der Waals surface area contributed by atoms with Crippen LogP contribution in [0.3, 0.4) is 0 Å². The zero-order valence-electron chi connectivity index (χ0n) is 18.8. The van der Waals surface area contributed by atoms with Gasteiger partial charge in [-0.05, 0) is 98.6 Å². The van der Waals surface area contributed by atoms with Crippen LogP contribution in [0, 0.1) is 31.6 Å². The maximum atomic E-state index is 12.8. The standard InChI is InChI=1S/C23H30N6O2S/c1-13-5-4-6-14(2)19(13)29-22(26-27-28-29)32-15(3)20(30)24-21(31)25-23-10-16-7-17(11-23)9-18(8-16)12-23/h4-6,15-18H,7-12H2,1-3H3,(H2,24,25,30,31). The summed E-state index contributed by atoms with van der Waals surface area (Å²) in [6, 6.07) is 5.62. The number of carbonyl (C=O) groups is 2. The zero-order valence-corrected chi connectivity index (χ0v) is 19.6. The molecule has 1 aromatic carbocycles. The van der Waals surface area contributed by atoms with Crippen molar-refractivity contribution in [3.8, 4) is 5.69 Å². The van der Waals surface area contributed by atoms with Crippen LogP contribution in [0.2, 0.25) is 0 Å². The Kier molecular flexibility index (Phi) is 5.47. The molecule has 8 nitrogen and oxygen atoms in total. The quantitative estimate of drug-likeness (QED) is 0.670. The van der Waals surface area contributed by atoms with Crippen molar-refractivity contribution in [2.24, 2.45) is 17.8 Å². The molecule has 3 amide bonds. The Morgan fingerprint density at radius 2 is 1.69 bits per heavy atom. The molecule has 2 N–H and O–H groups in total. The van der Waals surface area contributed by atoms with E-state index in [1.807, 2.05) is 32.0 Å². The molecule has 4 fully saturated rings. The number of amides is 3. The van der Waals surface area contributed by atoms with Crippen LogP contribution in [0.25, 0.3) is 5.69 Å². The van der Waals surface area contributed by atoms with Gasteiger partial charge in [0.25, 0.3) is 0 Å². The molecule has 0 spiro atoms. The summed E-state index contributed by atoms with van der Waals surface area (Å²) in [5.74, 6) is 1.86. The maximum Gasteiger partial charge on any atom is 0.321 e. The molecule has 9 heteroatoms. The largest absolute Gasteiger partial charge is 0.332 e. The molecule has 1 heterocycles.